The molecule has 0 bridgehead atoms. The van der Waals surface area contributed by atoms with Crippen LogP contribution in [0.15, 0.2) is 42.5 Å². The Hall–Kier alpha value is -3.83. The van der Waals surface area contributed by atoms with Crippen molar-refractivity contribution in [3.63, 3.8) is 0 Å². The molecular formula is C23H20ClFN6O3S. The monoisotopic (exact) mass is 514 g/mol. The molecule has 2 heterocycles. The summed E-state index contributed by atoms with van der Waals surface area (Å²) in [6.45, 7) is 1.65. The van der Waals surface area contributed by atoms with E-state index in [1.165, 1.54) is 36.8 Å². The predicted octanol–water partition coefficient (Wildman–Crippen LogP) is 4.04. The summed E-state index contributed by atoms with van der Waals surface area (Å²) in [7, 11) is 1.42. The lowest BCUT2D eigenvalue weighted by Crippen LogP contribution is -2.30. The number of aromatic amines is 1. The minimum Gasteiger partial charge on any atom is -0.352 e. The lowest BCUT2D eigenvalue weighted by Gasteiger charge is -2.20. The molecule has 180 valence electrons. The normalized spacial score (nSPS) is 11.8. The van der Waals surface area contributed by atoms with E-state index in [-0.39, 0.29) is 45.9 Å². The highest BCUT2D eigenvalue weighted by Crippen LogP contribution is 2.33. The summed E-state index contributed by atoms with van der Waals surface area (Å²) < 4.78 is 19.2. The van der Waals surface area contributed by atoms with E-state index in [1.54, 1.807) is 19.1 Å². The summed E-state index contributed by atoms with van der Waals surface area (Å²) >= 11 is 7.51. The van der Waals surface area contributed by atoms with Crippen LogP contribution in [-0.2, 0) is 4.79 Å². The lowest BCUT2D eigenvalue weighted by molar-refractivity contribution is -0.121. The van der Waals surface area contributed by atoms with Crippen molar-refractivity contribution in [3.05, 3.63) is 76.1 Å². The van der Waals surface area contributed by atoms with Gasteiger partial charge in [-0.2, -0.15) is 4.37 Å². The van der Waals surface area contributed by atoms with Gasteiger partial charge in [-0.1, -0.05) is 36.7 Å². The van der Waals surface area contributed by atoms with Gasteiger partial charge in [0.25, 0.3) is 11.8 Å². The molecule has 3 amide bonds. The molecular weight excluding hydrogens is 495 g/mol. The molecule has 0 saturated carbocycles. The largest absolute Gasteiger partial charge is 0.352 e. The van der Waals surface area contributed by atoms with Gasteiger partial charge >= 0.3 is 0 Å². The van der Waals surface area contributed by atoms with E-state index < -0.39 is 23.7 Å². The van der Waals surface area contributed by atoms with Crippen LogP contribution < -0.4 is 16.0 Å². The topological polar surface area (TPSA) is 129 Å². The number of hydrogen-bond acceptors (Lipinski definition) is 6. The standard InChI is InChI=1S/C23H20ClFN6O3S/c1-3-16(32)27-17(13-10-11(25)8-9-14(13)24)19-20(29-21(28-19)23(34)26-2)30-22(33)18-12-6-4-5-7-15(12)35-31-18/h4-10,17H,3H2,1-2H3,(H,26,34)(H,27,32)(H,28,29)(H,30,33)/t17-/m0/s1. The molecule has 12 heteroatoms. The van der Waals surface area contributed by atoms with Crippen LogP contribution in [0.3, 0.4) is 0 Å². The van der Waals surface area contributed by atoms with Crippen molar-refractivity contribution in [3.8, 4) is 0 Å². The third kappa shape index (κ3) is 5.00. The fourth-order valence-corrected chi connectivity index (χ4v) is 4.44. The molecule has 0 aliphatic heterocycles. The van der Waals surface area contributed by atoms with Gasteiger partial charge in [0.2, 0.25) is 5.91 Å². The minimum atomic E-state index is -1.04. The van der Waals surface area contributed by atoms with Gasteiger partial charge in [0.15, 0.2) is 11.6 Å². The molecule has 2 aromatic carbocycles. The highest BCUT2D eigenvalue weighted by atomic mass is 35.5. The lowest BCUT2D eigenvalue weighted by atomic mass is 10.0. The van der Waals surface area contributed by atoms with Crippen molar-refractivity contribution in [1.82, 2.24) is 25.0 Å². The first kappa shape index (κ1) is 24.3. The average Bonchev–Trinajstić information content (AvgIpc) is 3.48. The Balaban J connectivity index is 1.82. The van der Waals surface area contributed by atoms with Gasteiger partial charge in [0, 0.05) is 29.4 Å². The maximum absolute atomic E-state index is 14.1. The summed E-state index contributed by atoms with van der Waals surface area (Å²) in [6, 6.07) is 9.91. The maximum Gasteiger partial charge on any atom is 0.286 e. The molecule has 0 aliphatic carbocycles. The van der Waals surface area contributed by atoms with Gasteiger partial charge in [-0.3, -0.25) is 14.4 Å². The molecule has 4 N–H and O–H groups in total. The zero-order valence-electron chi connectivity index (χ0n) is 18.6. The Labute approximate surface area is 208 Å². The van der Waals surface area contributed by atoms with Crippen molar-refractivity contribution in [2.75, 3.05) is 12.4 Å². The molecule has 0 radical (unpaired) electrons. The van der Waals surface area contributed by atoms with Crippen LogP contribution in [0.4, 0.5) is 10.2 Å². The molecule has 0 unspecified atom stereocenters. The van der Waals surface area contributed by atoms with Crippen LogP contribution in [0, 0.1) is 5.82 Å². The average molecular weight is 515 g/mol. The fraction of sp³-hybridized carbons (Fsp3) is 0.174. The number of hydrogen-bond donors (Lipinski definition) is 4. The van der Waals surface area contributed by atoms with Crippen molar-refractivity contribution >= 4 is 56.8 Å². The van der Waals surface area contributed by atoms with Crippen LogP contribution in [0.5, 0.6) is 0 Å². The van der Waals surface area contributed by atoms with Crippen LogP contribution in [-0.4, -0.2) is 39.1 Å². The molecule has 0 fully saturated rings. The third-order valence-corrected chi connectivity index (χ3v) is 6.35. The molecule has 0 spiro atoms. The number of halogens is 2. The van der Waals surface area contributed by atoms with Gasteiger partial charge in [-0.25, -0.2) is 9.37 Å². The Morgan fingerprint density at radius 2 is 1.94 bits per heavy atom. The van der Waals surface area contributed by atoms with E-state index in [1.807, 2.05) is 12.1 Å². The number of imidazole rings is 1. The van der Waals surface area contributed by atoms with E-state index >= 15 is 0 Å². The van der Waals surface area contributed by atoms with E-state index in [9.17, 15) is 18.8 Å². The van der Waals surface area contributed by atoms with Crippen LogP contribution in [0.1, 0.15) is 51.8 Å². The smallest absolute Gasteiger partial charge is 0.286 e. The van der Waals surface area contributed by atoms with E-state index in [0.717, 1.165) is 4.70 Å². The molecule has 35 heavy (non-hydrogen) atoms. The van der Waals surface area contributed by atoms with E-state index in [4.69, 9.17) is 11.6 Å². The second-order valence-corrected chi connectivity index (χ2v) is 8.64. The zero-order valence-corrected chi connectivity index (χ0v) is 20.2. The van der Waals surface area contributed by atoms with Crippen LogP contribution >= 0.6 is 23.1 Å². The number of nitrogens with zero attached hydrogens (tertiary/aromatic N) is 2. The third-order valence-electron chi connectivity index (χ3n) is 5.18. The maximum atomic E-state index is 14.1. The van der Waals surface area contributed by atoms with Crippen molar-refractivity contribution in [2.24, 2.45) is 0 Å². The highest BCUT2D eigenvalue weighted by Gasteiger charge is 2.28. The first-order chi connectivity index (χ1) is 16.8. The zero-order chi connectivity index (χ0) is 25.1. The van der Waals surface area contributed by atoms with Crippen LogP contribution in [0.2, 0.25) is 5.02 Å². The molecule has 4 aromatic rings. The van der Waals surface area contributed by atoms with Gasteiger partial charge in [-0.15, -0.1) is 0 Å². The Morgan fingerprint density at radius 1 is 1.17 bits per heavy atom. The summed E-state index contributed by atoms with van der Waals surface area (Å²) in [4.78, 5) is 44.9. The Kier molecular flexibility index (Phi) is 7.08. The number of carbonyl (C=O) groups excluding carboxylic acids is 3. The number of fused-ring (bicyclic) bond motifs is 1. The van der Waals surface area contributed by atoms with Gasteiger partial charge in [0.05, 0.1) is 16.4 Å². The molecule has 2 aromatic heterocycles. The molecule has 0 aliphatic rings. The summed E-state index contributed by atoms with van der Waals surface area (Å²) in [6.07, 6.45) is 0.131. The van der Waals surface area contributed by atoms with Crippen LogP contribution in [0.25, 0.3) is 10.1 Å². The second kappa shape index (κ2) is 10.2. The molecule has 4 rings (SSSR count). The first-order valence-electron chi connectivity index (χ1n) is 10.5. The summed E-state index contributed by atoms with van der Waals surface area (Å²) in [5, 5.41) is 8.71. The number of H-pyrrole nitrogens is 1. The number of amides is 3. The minimum absolute atomic E-state index is 0.0348. The van der Waals surface area contributed by atoms with Crippen molar-refractivity contribution < 1.29 is 18.8 Å². The number of carbonyl (C=O) groups is 3. The quantitative estimate of drug-likeness (QED) is 0.296. The van der Waals surface area contributed by atoms with E-state index in [0.29, 0.717) is 5.39 Å². The first-order valence-corrected chi connectivity index (χ1v) is 11.7. The predicted molar refractivity (Wildman–Crippen MR) is 131 cm³/mol. The second-order valence-electron chi connectivity index (χ2n) is 7.43. The Bertz CT molecular complexity index is 1440. The van der Waals surface area contributed by atoms with E-state index in [2.05, 4.69) is 30.3 Å². The number of nitrogens with one attached hydrogen (secondary N) is 4. The van der Waals surface area contributed by atoms with Gasteiger partial charge in [-0.05, 0) is 35.8 Å². The summed E-state index contributed by atoms with van der Waals surface area (Å²) in [5.41, 5.74) is 0.542. The molecule has 0 saturated heterocycles. The Morgan fingerprint density at radius 3 is 2.69 bits per heavy atom. The number of anilines is 1. The number of benzene rings is 2. The van der Waals surface area contributed by atoms with Gasteiger partial charge in [0.1, 0.15) is 11.5 Å². The number of rotatable bonds is 7. The SMILES string of the molecule is CCC(=O)N[C@@H](c1cc(F)ccc1Cl)c1[nH]c(C(=O)NC)nc1NC(=O)c1nsc2ccccc12. The van der Waals surface area contributed by atoms with Crippen molar-refractivity contribution in [1.29, 1.82) is 0 Å². The van der Waals surface area contributed by atoms with Crippen molar-refractivity contribution in [2.45, 2.75) is 19.4 Å². The fourth-order valence-electron chi connectivity index (χ4n) is 3.44. The summed E-state index contributed by atoms with van der Waals surface area (Å²) in [5.74, 6) is -2.22. The van der Waals surface area contributed by atoms with Gasteiger partial charge < -0.3 is 20.9 Å². The number of aromatic nitrogens is 3. The molecule has 1 atom stereocenters. The molecule has 9 nitrogen and oxygen atoms in total. The highest BCUT2D eigenvalue weighted by molar-refractivity contribution is 7.13.